The number of hydrogen-bond acceptors (Lipinski definition) is 3. The highest BCUT2D eigenvalue weighted by molar-refractivity contribution is 8.31. The van der Waals surface area contributed by atoms with Gasteiger partial charge in [-0.15, -0.1) is 0 Å². The average Bonchev–Trinajstić information content (AvgIpc) is 2.62. The molecule has 0 aromatic heterocycles. The van der Waals surface area contributed by atoms with Gasteiger partial charge in [0.25, 0.3) is 0 Å². The summed E-state index contributed by atoms with van der Waals surface area (Å²) in [7, 11) is -4.73. The molecule has 0 saturated carbocycles. The Morgan fingerprint density at radius 3 is 1.13 bits per heavy atom. The Hall–Kier alpha value is -1.68. The molecule has 0 aliphatic rings. The molecule has 3 nitrogen and oxygen atoms in total. The van der Waals surface area contributed by atoms with Crippen LogP contribution in [0.3, 0.4) is 0 Å². The third-order valence-corrected chi connectivity index (χ3v) is 7.64. The largest absolute Gasteiger partial charge is 0.338 e. The molecule has 0 atom stereocenters. The fraction of sp³-hybridized carbons (Fsp3) is 0. The van der Waals surface area contributed by atoms with E-state index in [9.17, 15) is 9.79 Å². The van der Waals surface area contributed by atoms with Crippen LogP contribution < -0.4 is 0 Å². The third-order valence-electron chi connectivity index (χ3n) is 3.40. The van der Waals surface area contributed by atoms with E-state index >= 15 is 0 Å². The summed E-state index contributed by atoms with van der Waals surface area (Å²) in [5, 5.41) is 0. The minimum Gasteiger partial charge on any atom is -0.328 e. The molecule has 0 aliphatic carbocycles. The Kier molecular flexibility index (Phi) is 5.11. The van der Waals surface area contributed by atoms with Gasteiger partial charge in [-0.1, -0.05) is 54.6 Å². The van der Waals surface area contributed by atoms with Crippen LogP contribution in [0, 0.1) is 0 Å². The van der Waals surface area contributed by atoms with Crippen LogP contribution >= 0.6 is 18.9 Å². The molecule has 0 fully saturated rings. The quantitative estimate of drug-likeness (QED) is 0.632. The number of benzene rings is 3. The summed E-state index contributed by atoms with van der Waals surface area (Å²) in [5.41, 5.74) is 0. The van der Waals surface area contributed by atoms with Gasteiger partial charge in [0, 0.05) is 14.7 Å². The molecule has 118 valence electrons. The molecule has 0 heterocycles. The van der Waals surface area contributed by atoms with E-state index < -0.39 is 18.9 Å². The van der Waals surface area contributed by atoms with E-state index in [2.05, 4.69) is 0 Å². The van der Waals surface area contributed by atoms with Crippen LogP contribution in [0.15, 0.2) is 106 Å². The van der Waals surface area contributed by atoms with E-state index in [0.717, 1.165) is 14.7 Å². The molecule has 2 N–H and O–H groups in total. The summed E-state index contributed by atoms with van der Waals surface area (Å²) in [5.74, 6) is 0. The van der Waals surface area contributed by atoms with Crippen molar-refractivity contribution in [3.8, 4) is 0 Å². The van der Waals surface area contributed by atoms with Crippen LogP contribution in [0.5, 0.6) is 0 Å². The summed E-state index contributed by atoms with van der Waals surface area (Å²) < 4.78 is 5.86. The minimum atomic E-state index is -2.52. The van der Waals surface area contributed by atoms with Crippen LogP contribution in [0.25, 0.3) is 0 Å². The predicted molar refractivity (Wildman–Crippen MR) is 94.2 cm³/mol. The number of rotatable bonds is 5. The fourth-order valence-corrected chi connectivity index (χ4v) is 6.74. The first-order valence-corrected chi connectivity index (χ1v) is 9.82. The standard InChI is InChI=1S/C18H17O3PS/c19-22(20)21-23(16-10-4-1-5-11-16,17-12-6-2-7-13-17)18-14-8-3-9-15-18/h1-15,19-20H. The van der Waals surface area contributed by atoms with Gasteiger partial charge >= 0.3 is 8.60 Å². The van der Waals surface area contributed by atoms with Gasteiger partial charge in [-0.2, -0.15) is 0 Å². The van der Waals surface area contributed by atoms with Gasteiger partial charge in [0.05, 0.1) is 0 Å². The van der Waals surface area contributed by atoms with Crippen molar-refractivity contribution in [2.24, 2.45) is 0 Å². The van der Waals surface area contributed by atoms with E-state index in [4.69, 9.17) is 3.97 Å². The van der Waals surface area contributed by atoms with Gasteiger partial charge in [0.15, 0.2) is 0 Å². The second kappa shape index (κ2) is 7.26. The fourth-order valence-electron chi connectivity index (χ4n) is 2.47. The Labute approximate surface area is 138 Å². The van der Waals surface area contributed by atoms with E-state index in [0.29, 0.717) is 0 Å². The van der Waals surface area contributed by atoms with Crippen LogP contribution in [-0.4, -0.2) is 9.79 Å². The molecule has 5 heteroatoms. The average molecular weight is 344 g/mol. The van der Waals surface area contributed by atoms with Crippen molar-refractivity contribution in [3.63, 3.8) is 0 Å². The van der Waals surface area contributed by atoms with Crippen molar-refractivity contribution in [1.82, 2.24) is 0 Å². The molecule has 3 aromatic rings. The van der Waals surface area contributed by atoms with Crippen molar-refractivity contribution in [2.45, 2.75) is 14.7 Å². The lowest BCUT2D eigenvalue weighted by atomic mass is 10.4. The SMILES string of the molecule is OP(O)OS(c1ccccc1)(c1ccccc1)c1ccccc1. The molecule has 3 aromatic carbocycles. The molecule has 0 bridgehead atoms. The Balaban J connectivity index is 2.30. The summed E-state index contributed by atoms with van der Waals surface area (Å²) >= 11 is 0. The Bertz CT molecular complexity index is 639. The molecular weight excluding hydrogens is 327 g/mol. The molecule has 0 saturated heterocycles. The van der Waals surface area contributed by atoms with Crippen molar-refractivity contribution in [2.75, 3.05) is 0 Å². The van der Waals surface area contributed by atoms with Gasteiger partial charge < -0.3 is 9.79 Å². The van der Waals surface area contributed by atoms with E-state index in [1.165, 1.54) is 0 Å². The highest BCUT2D eigenvalue weighted by Crippen LogP contribution is 2.73. The molecular formula is C18H17O3PS. The molecule has 0 aliphatic heterocycles. The zero-order valence-corrected chi connectivity index (χ0v) is 14.0. The third kappa shape index (κ3) is 3.32. The first-order chi connectivity index (χ1) is 11.2. The molecule has 0 unspecified atom stereocenters. The summed E-state index contributed by atoms with van der Waals surface area (Å²) in [6, 6.07) is 29.2. The zero-order chi connectivity index (χ0) is 16.1. The maximum atomic E-state index is 9.69. The second-order valence-corrected chi connectivity index (χ2v) is 8.45. The maximum absolute atomic E-state index is 9.69. The van der Waals surface area contributed by atoms with Crippen LogP contribution in [0.1, 0.15) is 0 Å². The Morgan fingerprint density at radius 1 is 0.565 bits per heavy atom. The lowest BCUT2D eigenvalue weighted by molar-refractivity contribution is 0.390. The van der Waals surface area contributed by atoms with E-state index in [1.807, 2.05) is 91.0 Å². The smallest absolute Gasteiger partial charge is 0.328 e. The van der Waals surface area contributed by atoms with Crippen molar-refractivity contribution in [3.05, 3.63) is 91.0 Å². The summed E-state index contributed by atoms with van der Waals surface area (Å²) in [4.78, 5) is 22.2. The minimum absolute atomic E-state index is 0.924. The summed E-state index contributed by atoms with van der Waals surface area (Å²) in [6.07, 6.45) is 0. The summed E-state index contributed by atoms with van der Waals surface area (Å²) in [6.45, 7) is 0. The number of hydrogen-bond donors (Lipinski definition) is 2. The van der Waals surface area contributed by atoms with E-state index in [1.54, 1.807) is 0 Å². The van der Waals surface area contributed by atoms with Gasteiger partial charge in [-0.05, 0) is 46.7 Å². The lowest BCUT2D eigenvalue weighted by Crippen LogP contribution is -2.05. The topological polar surface area (TPSA) is 49.7 Å². The predicted octanol–water partition coefficient (Wildman–Crippen LogP) is 5.11. The van der Waals surface area contributed by atoms with Gasteiger partial charge in [-0.3, -0.25) is 0 Å². The highest BCUT2D eigenvalue weighted by atomic mass is 32.3. The molecule has 0 spiro atoms. The van der Waals surface area contributed by atoms with Crippen LogP contribution in [0.2, 0.25) is 0 Å². The van der Waals surface area contributed by atoms with Gasteiger partial charge in [-0.25, -0.2) is 3.97 Å². The molecule has 0 amide bonds. The lowest BCUT2D eigenvalue weighted by Gasteiger charge is -2.40. The highest BCUT2D eigenvalue weighted by Gasteiger charge is 2.34. The van der Waals surface area contributed by atoms with Gasteiger partial charge in [0.1, 0.15) is 0 Å². The molecule has 23 heavy (non-hydrogen) atoms. The first kappa shape index (κ1) is 16.2. The normalized spacial score (nSPS) is 12.3. The second-order valence-electron chi connectivity index (χ2n) is 4.82. The monoisotopic (exact) mass is 344 g/mol. The Morgan fingerprint density at radius 2 is 0.870 bits per heavy atom. The maximum Gasteiger partial charge on any atom is 0.338 e. The van der Waals surface area contributed by atoms with Gasteiger partial charge in [0.2, 0.25) is 0 Å². The van der Waals surface area contributed by atoms with Crippen molar-refractivity contribution >= 4 is 18.9 Å². The van der Waals surface area contributed by atoms with Crippen LogP contribution in [-0.2, 0) is 3.97 Å². The first-order valence-electron chi connectivity index (χ1n) is 7.09. The van der Waals surface area contributed by atoms with Crippen molar-refractivity contribution < 1.29 is 13.8 Å². The van der Waals surface area contributed by atoms with Crippen LogP contribution in [0.4, 0.5) is 0 Å². The zero-order valence-electron chi connectivity index (χ0n) is 12.3. The molecule has 3 rings (SSSR count). The molecule has 0 radical (unpaired) electrons. The van der Waals surface area contributed by atoms with E-state index in [-0.39, 0.29) is 0 Å². The van der Waals surface area contributed by atoms with Crippen molar-refractivity contribution in [1.29, 1.82) is 0 Å².